The van der Waals surface area contributed by atoms with Gasteiger partial charge in [0.1, 0.15) is 5.75 Å². The van der Waals surface area contributed by atoms with E-state index in [2.05, 4.69) is 6.58 Å². The summed E-state index contributed by atoms with van der Waals surface area (Å²) in [4.78, 5) is 0. The van der Waals surface area contributed by atoms with Gasteiger partial charge in [-0.05, 0) is 36.6 Å². The number of rotatable bonds is 3. The van der Waals surface area contributed by atoms with Crippen molar-refractivity contribution in [2.45, 2.75) is 13.3 Å². The van der Waals surface area contributed by atoms with Crippen LogP contribution in [0.5, 0.6) is 5.75 Å². The summed E-state index contributed by atoms with van der Waals surface area (Å²) >= 11 is 0. The van der Waals surface area contributed by atoms with Crippen LogP contribution < -0.4 is 0 Å². The van der Waals surface area contributed by atoms with Gasteiger partial charge in [-0.15, -0.1) is 6.58 Å². The maximum atomic E-state index is 9.46. The van der Waals surface area contributed by atoms with Crippen LogP contribution in [-0.2, 0) is 6.42 Å². The van der Waals surface area contributed by atoms with Gasteiger partial charge in [-0.2, -0.15) is 0 Å². The number of hydrogen-bond acceptors (Lipinski definition) is 1. The monoisotopic (exact) mass is 174 g/mol. The maximum Gasteiger partial charge on any atom is 0.119 e. The minimum atomic E-state index is 0.341. The van der Waals surface area contributed by atoms with Gasteiger partial charge < -0.3 is 5.11 Å². The molecule has 1 aromatic carbocycles. The standard InChI is InChI=1S/C12H14O/c1-3-5-10-7-8-12(13)11(9-10)6-4-2/h3-5,7-9,13H,2,6H2,1H3/b5-3+. The molecule has 0 aromatic heterocycles. The fourth-order valence-electron chi connectivity index (χ4n) is 1.22. The van der Waals surface area contributed by atoms with Crippen molar-refractivity contribution in [1.82, 2.24) is 0 Å². The van der Waals surface area contributed by atoms with E-state index >= 15 is 0 Å². The molecule has 1 heteroatoms. The summed E-state index contributed by atoms with van der Waals surface area (Å²) in [6.45, 7) is 5.62. The zero-order valence-electron chi connectivity index (χ0n) is 7.83. The largest absolute Gasteiger partial charge is 0.508 e. The van der Waals surface area contributed by atoms with Crippen LogP contribution in [0.1, 0.15) is 18.1 Å². The molecule has 0 bridgehead atoms. The second kappa shape index (κ2) is 4.51. The molecule has 0 fully saturated rings. The quantitative estimate of drug-likeness (QED) is 0.698. The molecule has 0 saturated heterocycles. The van der Waals surface area contributed by atoms with E-state index in [9.17, 15) is 5.11 Å². The molecule has 0 saturated carbocycles. The van der Waals surface area contributed by atoms with Gasteiger partial charge in [0.2, 0.25) is 0 Å². The first-order valence-corrected chi connectivity index (χ1v) is 4.33. The van der Waals surface area contributed by atoms with Gasteiger partial charge in [-0.25, -0.2) is 0 Å². The van der Waals surface area contributed by atoms with Crippen molar-refractivity contribution < 1.29 is 5.11 Å². The van der Waals surface area contributed by atoms with Crippen molar-refractivity contribution in [3.8, 4) is 5.75 Å². The Hall–Kier alpha value is -1.50. The van der Waals surface area contributed by atoms with E-state index in [-0.39, 0.29) is 0 Å². The van der Waals surface area contributed by atoms with Crippen LogP contribution in [0.25, 0.3) is 6.08 Å². The van der Waals surface area contributed by atoms with E-state index in [1.807, 2.05) is 31.2 Å². The Balaban J connectivity index is 3.03. The molecule has 13 heavy (non-hydrogen) atoms. The second-order valence-electron chi connectivity index (χ2n) is 2.88. The third kappa shape index (κ3) is 2.48. The van der Waals surface area contributed by atoms with Crippen LogP contribution in [0, 0.1) is 0 Å². The summed E-state index contributed by atoms with van der Waals surface area (Å²) in [5, 5.41) is 9.46. The molecule has 0 heterocycles. The minimum absolute atomic E-state index is 0.341. The number of phenols is 1. The lowest BCUT2D eigenvalue weighted by Gasteiger charge is -2.02. The summed E-state index contributed by atoms with van der Waals surface area (Å²) in [5.74, 6) is 0.341. The van der Waals surface area contributed by atoms with Gasteiger partial charge in [-0.3, -0.25) is 0 Å². The molecule has 0 aliphatic rings. The van der Waals surface area contributed by atoms with E-state index in [0.717, 1.165) is 11.1 Å². The average Bonchev–Trinajstić information content (AvgIpc) is 2.12. The zero-order valence-corrected chi connectivity index (χ0v) is 7.83. The molecule has 0 amide bonds. The van der Waals surface area contributed by atoms with Crippen LogP contribution in [0.3, 0.4) is 0 Å². The van der Waals surface area contributed by atoms with Crippen LogP contribution in [0.15, 0.2) is 36.9 Å². The predicted octanol–water partition coefficient (Wildman–Crippen LogP) is 3.15. The Morgan fingerprint density at radius 1 is 1.46 bits per heavy atom. The maximum absolute atomic E-state index is 9.46. The topological polar surface area (TPSA) is 20.2 Å². The third-order valence-electron chi connectivity index (χ3n) is 1.83. The molecular weight excluding hydrogens is 160 g/mol. The Morgan fingerprint density at radius 3 is 2.85 bits per heavy atom. The first-order valence-electron chi connectivity index (χ1n) is 4.33. The predicted molar refractivity (Wildman–Crippen MR) is 56.7 cm³/mol. The molecule has 0 unspecified atom stereocenters. The summed E-state index contributed by atoms with van der Waals surface area (Å²) in [7, 11) is 0. The molecule has 0 aliphatic heterocycles. The zero-order chi connectivity index (χ0) is 9.68. The first kappa shape index (κ1) is 9.59. The Morgan fingerprint density at radius 2 is 2.23 bits per heavy atom. The number of phenolic OH excluding ortho intramolecular Hbond substituents is 1. The smallest absolute Gasteiger partial charge is 0.119 e. The minimum Gasteiger partial charge on any atom is -0.508 e. The Bertz CT molecular complexity index is 324. The average molecular weight is 174 g/mol. The summed E-state index contributed by atoms with van der Waals surface area (Å²) in [6.07, 6.45) is 6.47. The van der Waals surface area contributed by atoms with E-state index in [1.165, 1.54) is 0 Å². The molecule has 1 rings (SSSR count). The van der Waals surface area contributed by atoms with Crippen LogP contribution in [0.2, 0.25) is 0 Å². The van der Waals surface area contributed by atoms with E-state index < -0.39 is 0 Å². The van der Waals surface area contributed by atoms with Crippen molar-refractivity contribution in [3.05, 3.63) is 48.1 Å². The van der Waals surface area contributed by atoms with Crippen LogP contribution >= 0.6 is 0 Å². The fraction of sp³-hybridized carbons (Fsp3) is 0.167. The van der Waals surface area contributed by atoms with E-state index in [4.69, 9.17) is 0 Å². The number of benzene rings is 1. The molecule has 0 aliphatic carbocycles. The molecule has 0 spiro atoms. The van der Waals surface area contributed by atoms with Crippen molar-refractivity contribution in [1.29, 1.82) is 0 Å². The summed E-state index contributed by atoms with van der Waals surface area (Å²) in [6, 6.07) is 5.58. The van der Waals surface area contributed by atoms with Gasteiger partial charge >= 0.3 is 0 Å². The van der Waals surface area contributed by atoms with E-state index in [1.54, 1.807) is 12.1 Å². The van der Waals surface area contributed by atoms with Crippen molar-refractivity contribution in [2.75, 3.05) is 0 Å². The van der Waals surface area contributed by atoms with Crippen molar-refractivity contribution in [3.63, 3.8) is 0 Å². The second-order valence-corrected chi connectivity index (χ2v) is 2.88. The van der Waals surface area contributed by atoms with Gasteiger partial charge in [-0.1, -0.05) is 24.3 Å². The summed E-state index contributed by atoms with van der Waals surface area (Å²) < 4.78 is 0. The number of allylic oxidation sites excluding steroid dienone is 2. The molecule has 1 N–H and O–H groups in total. The molecule has 1 nitrogen and oxygen atoms in total. The van der Waals surface area contributed by atoms with Gasteiger partial charge in [0.25, 0.3) is 0 Å². The van der Waals surface area contributed by atoms with Crippen LogP contribution in [0.4, 0.5) is 0 Å². The lowest BCUT2D eigenvalue weighted by Crippen LogP contribution is -1.83. The molecule has 0 radical (unpaired) electrons. The molecular formula is C12H14O. The van der Waals surface area contributed by atoms with Gasteiger partial charge in [0.15, 0.2) is 0 Å². The molecule has 68 valence electrons. The lowest BCUT2D eigenvalue weighted by molar-refractivity contribution is 0.469. The summed E-state index contributed by atoms with van der Waals surface area (Å²) in [5.41, 5.74) is 2.03. The van der Waals surface area contributed by atoms with E-state index in [0.29, 0.717) is 12.2 Å². The SMILES string of the molecule is C=CCc1cc(/C=C/C)ccc1O. The lowest BCUT2D eigenvalue weighted by atomic mass is 10.1. The molecule has 1 aromatic rings. The number of hydrogen-bond donors (Lipinski definition) is 1. The highest BCUT2D eigenvalue weighted by atomic mass is 16.3. The Kier molecular flexibility index (Phi) is 3.32. The van der Waals surface area contributed by atoms with Gasteiger partial charge in [0.05, 0.1) is 0 Å². The highest BCUT2D eigenvalue weighted by Crippen LogP contribution is 2.19. The van der Waals surface area contributed by atoms with Crippen LogP contribution in [-0.4, -0.2) is 5.11 Å². The normalized spacial score (nSPS) is 10.5. The Labute approximate surface area is 79.0 Å². The fourth-order valence-corrected chi connectivity index (χ4v) is 1.22. The van der Waals surface area contributed by atoms with Gasteiger partial charge in [0, 0.05) is 0 Å². The van der Waals surface area contributed by atoms with Crippen molar-refractivity contribution in [2.24, 2.45) is 0 Å². The molecule has 0 atom stereocenters. The van der Waals surface area contributed by atoms with Crippen molar-refractivity contribution >= 4 is 6.08 Å². The third-order valence-corrected chi connectivity index (χ3v) is 1.83. The number of aromatic hydroxyl groups is 1. The highest BCUT2D eigenvalue weighted by Gasteiger charge is 1.98. The first-order chi connectivity index (χ1) is 6.27. The highest BCUT2D eigenvalue weighted by molar-refractivity contribution is 5.53.